The summed E-state index contributed by atoms with van der Waals surface area (Å²) in [6.07, 6.45) is 2.54. The molecule has 32 heavy (non-hydrogen) atoms. The second-order valence-electron chi connectivity index (χ2n) is 9.49. The summed E-state index contributed by atoms with van der Waals surface area (Å²) in [5, 5.41) is 5.47. The second-order valence-corrected chi connectivity index (χ2v) is 12.5. The first kappa shape index (κ1) is 22.4. The van der Waals surface area contributed by atoms with Crippen molar-refractivity contribution in [1.29, 1.82) is 0 Å². The van der Waals surface area contributed by atoms with E-state index >= 15 is 0 Å². The van der Waals surface area contributed by atoms with E-state index in [1.54, 1.807) is 6.08 Å². The fraction of sp³-hybridized carbons (Fsp3) is 0.286. The number of ether oxygens (including phenoxy) is 1. The van der Waals surface area contributed by atoms with Gasteiger partial charge in [0.25, 0.3) is 0 Å². The van der Waals surface area contributed by atoms with Crippen LogP contribution in [0.4, 0.5) is 5.69 Å². The van der Waals surface area contributed by atoms with Crippen LogP contribution in [0.25, 0.3) is 0 Å². The number of hydrogen-bond donors (Lipinski definition) is 1. The van der Waals surface area contributed by atoms with Gasteiger partial charge in [-0.3, -0.25) is 0 Å². The van der Waals surface area contributed by atoms with Gasteiger partial charge in [0.1, 0.15) is 12.4 Å². The lowest BCUT2D eigenvalue weighted by atomic mass is 9.72. The van der Waals surface area contributed by atoms with Crippen molar-refractivity contribution in [3.63, 3.8) is 0 Å². The zero-order chi connectivity index (χ0) is 22.8. The van der Waals surface area contributed by atoms with E-state index in [0.29, 0.717) is 6.61 Å². The first-order valence-corrected chi connectivity index (χ1v) is 13.0. The van der Waals surface area contributed by atoms with E-state index in [0.717, 1.165) is 28.5 Å². The van der Waals surface area contributed by atoms with E-state index in [4.69, 9.17) is 4.74 Å². The molecule has 0 aromatic heterocycles. The first-order chi connectivity index (χ1) is 15.3. The summed E-state index contributed by atoms with van der Waals surface area (Å²) in [5.41, 5.74) is 2.27. The highest BCUT2D eigenvalue weighted by Gasteiger charge is 2.44. The summed E-state index contributed by atoms with van der Waals surface area (Å²) in [6, 6.07) is 26.1. The molecule has 0 amide bonds. The maximum atomic E-state index is 15.0. The van der Waals surface area contributed by atoms with Crippen molar-refractivity contribution in [1.82, 2.24) is 0 Å². The van der Waals surface area contributed by atoms with E-state index in [1.807, 2.05) is 66.7 Å². The van der Waals surface area contributed by atoms with Gasteiger partial charge in [0.05, 0.1) is 5.78 Å². The molecule has 0 fully saturated rings. The number of benzene rings is 3. The highest BCUT2D eigenvalue weighted by atomic mass is 31.2. The predicted molar refractivity (Wildman–Crippen MR) is 136 cm³/mol. The summed E-state index contributed by atoms with van der Waals surface area (Å²) in [4.78, 5) is 0. The number of rotatable bonds is 6. The third-order valence-corrected chi connectivity index (χ3v) is 9.66. The SMILES string of the molecule is C=CCOc1ccc2c(c1)C(C(C)(C)C)CC(P(=O)(c1ccccc1)c1ccccc1)N2. The normalized spacial score (nSPS) is 18.3. The summed E-state index contributed by atoms with van der Waals surface area (Å²) in [7, 11) is -2.95. The van der Waals surface area contributed by atoms with Gasteiger partial charge in [-0.05, 0) is 41.5 Å². The Morgan fingerprint density at radius 1 is 1.00 bits per heavy atom. The third-order valence-electron chi connectivity index (χ3n) is 6.31. The molecule has 4 rings (SSSR count). The van der Waals surface area contributed by atoms with Crippen molar-refractivity contribution < 1.29 is 9.30 Å². The van der Waals surface area contributed by atoms with Gasteiger partial charge in [0.15, 0.2) is 7.14 Å². The minimum Gasteiger partial charge on any atom is -0.490 e. The van der Waals surface area contributed by atoms with Crippen LogP contribution >= 0.6 is 7.14 Å². The van der Waals surface area contributed by atoms with Crippen molar-refractivity contribution in [2.45, 2.75) is 38.9 Å². The highest BCUT2D eigenvalue weighted by Crippen LogP contribution is 2.57. The Kier molecular flexibility index (Phi) is 6.31. The highest BCUT2D eigenvalue weighted by molar-refractivity contribution is 7.79. The van der Waals surface area contributed by atoms with E-state index in [2.05, 4.69) is 44.8 Å². The van der Waals surface area contributed by atoms with Crippen LogP contribution in [0.2, 0.25) is 0 Å². The Balaban J connectivity index is 1.83. The van der Waals surface area contributed by atoms with Gasteiger partial charge in [-0.2, -0.15) is 0 Å². The average Bonchev–Trinajstić information content (AvgIpc) is 2.82. The standard InChI is InChI=1S/C28H32NO2P/c1-5-18-31-21-16-17-26-24(19-21)25(28(2,3)4)20-27(29-26)32(30,22-12-8-6-9-13-22)23-14-10-7-11-15-23/h5-17,19,25,27,29H,1,18,20H2,2-4H3. The molecule has 4 heteroatoms. The molecule has 3 nitrogen and oxygen atoms in total. The van der Waals surface area contributed by atoms with Gasteiger partial charge in [-0.1, -0.05) is 94.1 Å². The third kappa shape index (κ3) is 4.27. The summed E-state index contributed by atoms with van der Waals surface area (Å²) in [6.45, 7) is 11.0. The minimum atomic E-state index is -2.95. The summed E-state index contributed by atoms with van der Waals surface area (Å²) < 4.78 is 20.8. The Bertz CT molecular complexity index is 1080. The first-order valence-electron chi connectivity index (χ1n) is 11.2. The van der Waals surface area contributed by atoms with Crippen molar-refractivity contribution in [3.8, 4) is 5.75 Å². The molecule has 2 unspecified atom stereocenters. The van der Waals surface area contributed by atoms with Crippen LogP contribution in [0.5, 0.6) is 5.75 Å². The van der Waals surface area contributed by atoms with Crippen LogP contribution in [-0.2, 0) is 4.57 Å². The molecule has 2 atom stereocenters. The molecule has 0 bridgehead atoms. The Labute approximate surface area is 191 Å². The topological polar surface area (TPSA) is 38.3 Å². The van der Waals surface area contributed by atoms with Crippen molar-refractivity contribution in [2.75, 3.05) is 11.9 Å². The molecular formula is C28H32NO2P. The minimum absolute atomic E-state index is 0.00433. The Morgan fingerprint density at radius 3 is 2.12 bits per heavy atom. The largest absolute Gasteiger partial charge is 0.490 e. The van der Waals surface area contributed by atoms with Gasteiger partial charge in [-0.15, -0.1) is 0 Å². The summed E-state index contributed by atoms with van der Waals surface area (Å²) in [5.74, 6) is 0.883. The summed E-state index contributed by atoms with van der Waals surface area (Å²) >= 11 is 0. The fourth-order valence-electron chi connectivity index (χ4n) is 4.66. The molecule has 166 valence electrons. The van der Waals surface area contributed by atoms with Gasteiger partial charge in [0.2, 0.25) is 0 Å². The maximum Gasteiger partial charge on any atom is 0.164 e. The molecule has 3 aromatic carbocycles. The number of anilines is 1. The van der Waals surface area contributed by atoms with Gasteiger partial charge >= 0.3 is 0 Å². The lowest BCUT2D eigenvalue weighted by Gasteiger charge is -2.43. The van der Waals surface area contributed by atoms with E-state index < -0.39 is 7.14 Å². The van der Waals surface area contributed by atoms with E-state index in [1.165, 1.54) is 5.56 Å². The molecule has 0 radical (unpaired) electrons. The van der Waals surface area contributed by atoms with Crippen molar-refractivity contribution in [2.24, 2.45) is 5.41 Å². The zero-order valence-electron chi connectivity index (χ0n) is 19.1. The second kappa shape index (κ2) is 9.00. The fourth-order valence-corrected chi connectivity index (χ4v) is 7.74. The molecule has 3 aromatic rings. The van der Waals surface area contributed by atoms with Crippen LogP contribution in [0, 0.1) is 5.41 Å². The Hall–Kier alpha value is -2.77. The maximum absolute atomic E-state index is 15.0. The molecule has 1 aliphatic rings. The Morgan fingerprint density at radius 2 is 1.59 bits per heavy atom. The molecule has 1 N–H and O–H groups in total. The lowest BCUT2D eigenvalue weighted by Crippen LogP contribution is -2.38. The van der Waals surface area contributed by atoms with Crippen LogP contribution in [0.3, 0.4) is 0 Å². The molecule has 0 spiro atoms. The smallest absolute Gasteiger partial charge is 0.164 e. The zero-order valence-corrected chi connectivity index (χ0v) is 20.0. The molecule has 0 aliphatic carbocycles. The monoisotopic (exact) mass is 445 g/mol. The molecular weight excluding hydrogens is 413 g/mol. The van der Waals surface area contributed by atoms with Gasteiger partial charge in [-0.25, -0.2) is 0 Å². The lowest BCUT2D eigenvalue weighted by molar-refractivity contribution is 0.298. The van der Waals surface area contributed by atoms with Gasteiger partial charge in [0, 0.05) is 16.3 Å². The number of fused-ring (bicyclic) bond motifs is 1. The van der Waals surface area contributed by atoms with E-state index in [-0.39, 0.29) is 17.1 Å². The molecule has 0 saturated carbocycles. The molecule has 1 aliphatic heterocycles. The quantitative estimate of drug-likeness (QED) is 0.346. The van der Waals surface area contributed by atoms with E-state index in [9.17, 15) is 4.57 Å². The average molecular weight is 446 g/mol. The van der Waals surface area contributed by atoms with Crippen molar-refractivity contribution >= 4 is 23.4 Å². The molecule has 0 saturated heterocycles. The van der Waals surface area contributed by atoms with Crippen LogP contribution in [-0.4, -0.2) is 12.4 Å². The molecule has 1 heterocycles. The number of hydrogen-bond acceptors (Lipinski definition) is 3. The van der Waals surface area contributed by atoms with Crippen LogP contribution in [0.1, 0.15) is 38.7 Å². The number of nitrogens with one attached hydrogen (secondary N) is 1. The predicted octanol–water partition coefficient (Wildman–Crippen LogP) is 6.54. The van der Waals surface area contributed by atoms with Crippen molar-refractivity contribution in [3.05, 3.63) is 97.1 Å². The van der Waals surface area contributed by atoms with Crippen LogP contribution in [0.15, 0.2) is 91.5 Å². The van der Waals surface area contributed by atoms with Gasteiger partial charge < -0.3 is 14.6 Å². The van der Waals surface area contributed by atoms with Crippen LogP contribution < -0.4 is 20.7 Å².